The molecule has 0 spiro atoms. The van der Waals surface area contributed by atoms with Crippen molar-refractivity contribution in [2.24, 2.45) is 20.2 Å². The molecule has 22 nitrogen and oxygen atoms in total. The first-order valence-electron chi connectivity index (χ1n) is 39.3. The second-order valence-corrected chi connectivity index (χ2v) is 36.0. The van der Waals surface area contributed by atoms with Crippen LogP contribution >= 0.6 is 109 Å². The lowest BCUT2D eigenvalue weighted by atomic mass is 9.91. The molecule has 3 N–H and O–H groups in total. The van der Waals surface area contributed by atoms with E-state index in [4.69, 9.17) is 108 Å². The molecule has 1 fully saturated rings. The number of rotatable bonds is 20. The summed E-state index contributed by atoms with van der Waals surface area (Å²) in [5.74, 6) is 0.0407. The van der Waals surface area contributed by atoms with Crippen LogP contribution in [-0.2, 0) is 26.5 Å². The number of nitrogens with zero attached hydrogens (tertiary/aromatic N) is 13. The first kappa shape index (κ1) is 93.1. The van der Waals surface area contributed by atoms with Crippen LogP contribution in [0.4, 0.5) is 4.39 Å². The number of guanidine groups is 2. The lowest BCUT2D eigenvalue weighted by Gasteiger charge is -2.26. The fourth-order valence-electron chi connectivity index (χ4n) is 13.8. The van der Waals surface area contributed by atoms with Crippen LogP contribution in [0.1, 0.15) is 106 Å². The molecule has 3 aromatic heterocycles. The number of aryl methyl sites for hydroxylation is 1. The quantitative estimate of drug-likeness (QED) is 0.0476. The van der Waals surface area contributed by atoms with Crippen molar-refractivity contribution in [1.29, 1.82) is 0 Å². The van der Waals surface area contributed by atoms with Crippen LogP contribution in [0.3, 0.4) is 0 Å². The van der Waals surface area contributed by atoms with Gasteiger partial charge in [0.15, 0.2) is 5.69 Å². The van der Waals surface area contributed by atoms with Gasteiger partial charge in [-0.2, -0.15) is 15.3 Å². The first-order chi connectivity index (χ1) is 59.7. The van der Waals surface area contributed by atoms with Crippen LogP contribution in [-0.4, -0.2) is 156 Å². The predicted molar refractivity (Wildman–Crippen MR) is 501 cm³/mol. The van der Waals surface area contributed by atoms with Crippen molar-refractivity contribution in [1.82, 2.24) is 59.1 Å². The number of imidazole rings is 1. The number of pyridine rings is 1. The van der Waals surface area contributed by atoms with Crippen molar-refractivity contribution in [2.75, 3.05) is 59.5 Å². The molecular formula is C90H84BrCl8FN16O6S2. The molecule has 3 aliphatic rings. The molecule has 0 bridgehead atoms. The molecule has 2 atom stereocenters. The lowest BCUT2D eigenvalue weighted by molar-refractivity contribution is 0.0741. The maximum atomic E-state index is 13.2. The Morgan fingerprint density at radius 1 is 0.581 bits per heavy atom. The molecule has 124 heavy (non-hydrogen) atoms. The number of hydrogen-bond donors (Lipinski definition) is 3. The van der Waals surface area contributed by atoms with Gasteiger partial charge in [-0.05, 0) is 202 Å². The number of carbonyl (C=O) groups excluding carboxylic acids is 2. The molecule has 2 unspecified atom stereocenters. The van der Waals surface area contributed by atoms with Crippen LogP contribution in [0, 0.1) is 6.92 Å². The van der Waals surface area contributed by atoms with Crippen LogP contribution in [0.15, 0.2) is 277 Å². The summed E-state index contributed by atoms with van der Waals surface area (Å²) in [6, 6.07) is 66.4. The summed E-state index contributed by atoms with van der Waals surface area (Å²) in [6.45, 7) is 10.5. The molecule has 34 heteroatoms. The number of alkyl halides is 1. The number of benzene rings is 9. The number of hydrazine groups is 1. The van der Waals surface area contributed by atoms with Gasteiger partial charge in [-0.25, -0.2) is 60.4 Å². The van der Waals surface area contributed by atoms with Gasteiger partial charge in [-0.1, -0.05) is 213 Å². The van der Waals surface area contributed by atoms with Crippen LogP contribution in [0.2, 0.25) is 40.2 Å². The maximum Gasteiger partial charge on any atom is 0.286 e. The Kier molecular flexibility index (Phi) is 32.5. The average Bonchev–Trinajstić information content (AvgIpc) is 1.63. The third kappa shape index (κ3) is 23.5. The summed E-state index contributed by atoms with van der Waals surface area (Å²) in [7, 11) is -6.29. The van der Waals surface area contributed by atoms with E-state index >= 15 is 0 Å². The molecule has 9 aromatic carbocycles. The van der Waals surface area contributed by atoms with Gasteiger partial charge in [0, 0.05) is 121 Å². The molecule has 1 saturated heterocycles. The standard InChI is InChI=1S/C24H21Cl2FN4O2S.C23H23BrCl2N4O.C23H22ClN5O2S.C20H18Cl3N3O/c25-19-8-6-18(7-9-19)23-22(17-4-2-1-3-5-17)16-31(29-23)24(28-15-14-27)30-34(32,33)21-12-10-20(26)11-13-21;1-2-18-21(23(31)28-29-12-4-3-5-13-29)27-30(20-11-10-17(25)14-19(20)26)22(18)15-6-8-16(24)9-7-15;1-16-5-11-20(12-6-16)32(30,31)28-23(25-2)29-15-21(18-4-3-13-26-14-18)22(27-29)17-7-9-19(24)10-8-17;1-3-25(4-2)20(27)18-12-26(15-8-5-13(21)6-9-15)19(24-18)16-10-7-14(22)11-17(16)23/h1-13,22H,14-16H2,(H,28,30);6-11,14H,2-5,12-13H2,1H3,(H,28,31);3-14,21H,15H2,1-2H3,(H,25,28);5-12H,3-4H2,1-2H3. The number of hydrazone groups is 2. The third-order valence-corrected chi connectivity index (χ3v) is 25.3. The van der Waals surface area contributed by atoms with Gasteiger partial charge < -0.3 is 4.90 Å². The van der Waals surface area contributed by atoms with E-state index in [-0.39, 0.29) is 51.9 Å². The summed E-state index contributed by atoms with van der Waals surface area (Å²) >= 11 is 52.6. The zero-order chi connectivity index (χ0) is 88.4. The summed E-state index contributed by atoms with van der Waals surface area (Å²) in [5, 5.41) is 23.5. The van der Waals surface area contributed by atoms with E-state index in [0.717, 1.165) is 92.2 Å². The number of piperidine rings is 1. The number of aliphatic imine (C=N–C) groups is 2. The summed E-state index contributed by atoms with van der Waals surface area (Å²) in [6.07, 6.45) is 9.25. The Morgan fingerprint density at radius 2 is 1.09 bits per heavy atom. The topological polar surface area (TPSA) is 249 Å². The van der Waals surface area contributed by atoms with Crippen LogP contribution in [0.5, 0.6) is 0 Å². The number of amides is 2. The monoisotopic (exact) mass is 1930 g/mol. The number of halogens is 10. The minimum atomic E-state index is -4.00. The van der Waals surface area contributed by atoms with Crippen molar-refractivity contribution in [3.8, 4) is 34.0 Å². The van der Waals surface area contributed by atoms with Crippen molar-refractivity contribution in [3.63, 3.8) is 0 Å². The predicted octanol–water partition coefficient (Wildman–Crippen LogP) is 21.2. The second-order valence-electron chi connectivity index (χ2n) is 28.3. The van der Waals surface area contributed by atoms with E-state index in [1.807, 2.05) is 146 Å². The molecule has 642 valence electrons. The fourth-order valence-corrected chi connectivity index (χ4v) is 17.6. The Balaban J connectivity index is 0.000000151. The van der Waals surface area contributed by atoms with Gasteiger partial charge in [0.05, 0.1) is 62.3 Å². The van der Waals surface area contributed by atoms with E-state index in [1.165, 1.54) is 42.7 Å². The molecule has 12 aromatic rings. The molecule has 0 radical (unpaired) electrons. The Hall–Kier alpha value is -10.0. The zero-order valence-corrected chi connectivity index (χ0v) is 76.9. The molecule has 0 aliphatic carbocycles. The molecule has 3 aliphatic heterocycles. The van der Waals surface area contributed by atoms with E-state index in [0.29, 0.717) is 101 Å². The number of nitrogens with one attached hydrogen (secondary N) is 3. The average molecular weight is 1930 g/mol. The van der Waals surface area contributed by atoms with Gasteiger partial charge in [-0.15, -0.1) is 0 Å². The zero-order valence-electron chi connectivity index (χ0n) is 67.6. The highest BCUT2D eigenvalue weighted by Gasteiger charge is 2.36. The number of carbonyl (C=O) groups is 2. The largest absolute Gasteiger partial charge is 0.338 e. The normalized spacial score (nSPS) is 14.8. The Labute approximate surface area is 768 Å². The van der Waals surface area contributed by atoms with Gasteiger partial charge >= 0.3 is 0 Å². The second kappa shape index (κ2) is 43.2. The minimum Gasteiger partial charge on any atom is -0.338 e. The van der Waals surface area contributed by atoms with E-state index in [9.17, 15) is 30.8 Å². The maximum absolute atomic E-state index is 13.2. The number of sulfonamides is 2. The SMILES string of the molecule is CCN(CC)C(=O)c1cn(-c2ccc(Cl)cc2)c(-c2ccc(Cl)cc2Cl)n1.CCc1c(C(=O)NN2CCCCC2)nn(-c2ccc(Cl)cc2Cl)c1-c1ccc(Br)cc1.CN=C(NS(=O)(=O)c1ccc(C)cc1)N1CC(c2cccnc2)C(c2ccc(Cl)cc2)=N1.O=S(=O)(NC(=NCCF)N1CC(c2ccccc2)C(c2ccc(Cl)cc2)=N1)c1ccc(Cl)cc1. The smallest absolute Gasteiger partial charge is 0.286 e. The Bertz CT molecular complexity index is 6100. The van der Waals surface area contributed by atoms with Gasteiger partial charge in [-0.3, -0.25) is 29.6 Å². The van der Waals surface area contributed by atoms with Crippen molar-refractivity contribution >= 4 is 164 Å². The molecule has 2 amide bonds. The molecule has 15 rings (SSSR count). The highest BCUT2D eigenvalue weighted by atomic mass is 79.9. The minimum absolute atomic E-state index is 0.00515. The van der Waals surface area contributed by atoms with Crippen LogP contribution in [0.25, 0.3) is 34.0 Å². The van der Waals surface area contributed by atoms with Gasteiger partial charge in [0.2, 0.25) is 11.9 Å². The van der Waals surface area contributed by atoms with E-state index in [2.05, 4.69) is 50.8 Å². The van der Waals surface area contributed by atoms with Crippen molar-refractivity contribution < 1.29 is 30.8 Å². The number of hydrogen-bond acceptors (Lipinski definition) is 14. The van der Waals surface area contributed by atoms with Gasteiger partial charge in [0.1, 0.15) is 18.2 Å². The molecule has 6 heterocycles. The van der Waals surface area contributed by atoms with Crippen LogP contribution < -0.4 is 14.9 Å². The first-order valence-corrected chi connectivity index (χ1v) is 46.1. The molecular weight excluding hydrogens is 1850 g/mol. The highest BCUT2D eigenvalue weighted by Crippen LogP contribution is 2.38. The highest BCUT2D eigenvalue weighted by molar-refractivity contribution is 9.10. The number of aromatic nitrogens is 5. The summed E-state index contributed by atoms with van der Waals surface area (Å²) in [4.78, 5) is 45.1. The molecule has 0 saturated carbocycles. The Morgan fingerprint density at radius 3 is 1.62 bits per heavy atom. The summed E-state index contributed by atoms with van der Waals surface area (Å²) < 4.78 is 74.4. The van der Waals surface area contributed by atoms with Crippen molar-refractivity contribution in [2.45, 2.75) is 75.0 Å². The van der Waals surface area contributed by atoms with Crippen molar-refractivity contribution in [3.05, 3.63) is 332 Å². The lowest BCUT2D eigenvalue weighted by Crippen LogP contribution is -2.45. The van der Waals surface area contributed by atoms with E-state index < -0.39 is 26.7 Å². The van der Waals surface area contributed by atoms with Gasteiger partial charge in [0.25, 0.3) is 31.9 Å². The fraction of sp³-hybridized carbons (Fsp3) is 0.211. The third-order valence-electron chi connectivity index (χ3n) is 20.0. The summed E-state index contributed by atoms with van der Waals surface area (Å²) in [5.41, 5.74) is 14.9. The van der Waals surface area contributed by atoms with E-state index in [1.54, 1.807) is 124 Å².